The summed E-state index contributed by atoms with van der Waals surface area (Å²) < 4.78 is 12.7. The highest BCUT2D eigenvalue weighted by atomic mass is 19.1. The maximum absolute atomic E-state index is 12.7. The van der Waals surface area contributed by atoms with Crippen LogP contribution in [0.15, 0.2) is 24.3 Å². The van der Waals surface area contributed by atoms with Crippen molar-refractivity contribution in [2.24, 2.45) is 0 Å². The molecule has 88 valence electrons. The van der Waals surface area contributed by atoms with Crippen LogP contribution in [0.5, 0.6) is 0 Å². The van der Waals surface area contributed by atoms with Crippen LogP contribution in [0.2, 0.25) is 0 Å². The van der Waals surface area contributed by atoms with Crippen molar-refractivity contribution in [3.63, 3.8) is 0 Å². The van der Waals surface area contributed by atoms with E-state index >= 15 is 0 Å². The third-order valence-electron chi connectivity index (χ3n) is 3.15. The van der Waals surface area contributed by atoms with Crippen LogP contribution in [0.3, 0.4) is 0 Å². The summed E-state index contributed by atoms with van der Waals surface area (Å²) in [6, 6.07) is 7.40. The first-order valence-electron chi connectivity index (χ1n) is 5.90. The van der Waals surface area contributed by atoms with Crippen molar-refractivity contribution in [2.75, 3.05) is 26.7 Å². The highest BCUT2D eigenvalue weighted by Gasteiger charge is 2.15. The number of nitrogens with zero attached hydrogens (tertiary/aromatic N) is 1. The number of hydrogen-bond acceptors (Lipinski definition) is 2. The molecule has 0 amide bonds. The van der Waals surface area contributed by atoms with Gasteiger partial charge in [0.1, 0.15) is 5.82 Å². The lowest BCUT2D eigenvalue weighted by atomic mass is 10.0. The molecule has 0 aromatic heterocycles. The monoisotopic (exact) mass is 222 g/mol. The fourth-order valence-electron chi connectivity index (χ4n) is 2.18. The van der Waals surface area contributed by atoms with E-state index in [1.54, 1.807) is 0 Å². The SMILES string of the molecule is CN1CCNC(CCc2ccc(F)cc2)C1. The fraction of sp³-hybridized carbons (Fsp3) is 0.538. The second-order valence-corrected chi connectivity index (χ2v) is 4.58. The Hall–Kier alpha value is -0.930. The smallest absolute Gasteiger partial charge is 0.123 e. The second kappa shape index (κ2) is 5.41. The molecule has 1 heterocycles. The molecule has 1 N–H and O–H groups in total. The molecule has 0 spiro atoms. The van der Waals surface area contributed by atoms with E-state index in [4.69, 9.17) is 0 Å². The Labute approximate surface area is 96.5 Å². The molecule has 0 bridgehead atoms. The molecule has 2 rings (SSSR count). The molecule has 2 nitrogen and oxygen atoms in total. The van der Waals surface area contributed by atoms with Crippen molar-refractivity contribution in [1.82, 2.24) is 10.2 Å². The summed E-state index contributed by atoms with van der Waals surface area (Å²) in [7, 11) is 2.16. The fourth-order valence-corrected chi connectivity index (χ4v) is 2.18. The first kappa shape index (κ1) is 11.6. The van der Waals surface area contributed by atoms with E-state index in [0.717, 1.165) is 32.5 Å². The number of aryl methyl sites for hydroxylation is 1. The molecule has 1 fully saturated rings. The summed E-state index contributed by atoms with van der Waals surface area (Å²) in [4.78, 5) is 2.35. The van der Waals surface area contributed by atoms with Crippen molar-refractivity contribution in [3.05, 3.63) is 35.6 Å². The van der Waals surface area contributed by atoms with Gasteiger partial charge in [-0.2, -0.15) is 0 Å². The minimum Gasteiger partial charge on any atom is -0.311 e. The Kier molecular flexibility index (Phi) is 3.91. The minimum atomic E-state index is -0.153. The molecule has 0 radical (unpaired) electrons. The highest BCUT2D eigenvalue weighted by Crippen LogP contribution is 2.09. The average molecular weight is 222 g/mol. The van der Waals surface area contributed by atoms with Crippen LogP contribution < -0.4 is 5.32 Å². The molecule has 1 aromatic carbocycles. The van der Waals surface area contributed by atoms with E-state index in [0.29, 0.717) is 6.04 Å². The van der Waals surface area contributed by atoms with Crippen molar-refractivity contribution < 1.29 is 4.39 Å². The van der Waals surface area contributed by atoms with Gasteiger partial charge in [-0.05, 0) is 37.6 Å². The first-order chi connectivity index (χ1) is 7.74. The van der Waals surface area contributed by atoms with Gasteiger partial charge in [0.15, 0.2) is 0 Å². The van der Waals surface area contributed by atoms with Gasteiger partial charge < -0.3 is 10.2 Å². The van der Waals surface area contributed by atoms with Gasteiger partial charge >= 0.3 is 0 Å². The van der Waals surface area contributed by atoms with Gasteiger partial charge in [0.05, 0.1) is 0 Å². The minimum absolute atomic E-state index is 0.153. The Morgan fingerprint density at radius 2 is 2.12 bits per heavy atom. The number of rotatable bonds is 3. The predicted molar refractivity (Wildman–Crippen MR) is 64.0 cm³/mol. The van der Waals surface area contributed by atoms with Crippen LogP contribution in [0, 0.1) is 5.82 Å². The Bertz CT molecular complexity index is 323. The molecule has 0 aliphatic carbocycles. The molecule has 1 aliphatic rings. The topological polar surface area (TPSA) is 15.3 Å². The van der Waals surface area contributed by atoms with E-state index < -0.39 is 0 Å². The first-order valence-corrected chi connectivity index (χ1v) is 5.90. The van der Waals surface area contributed by atoms with Crippen molar-refractivity contribution in [2.45, 2.75) is 18.9 Å². The second-order valence-electron chi connectivity index (χ2n) is 4.58. The van der Waals surface area contributed by atoms with Gasteiger partial charge in [0.25, 0.3) is 0 Å². The van der Waals surface area contributed by atoms with Crippen LogP contribution in [0.25, 0.3) is 0 Å². The van der Waals surface area contributed by atoms with Gasteiger partial charge in [-0.15, -0.1) is 0 Å². The zero-order valence-corrected chi connectivity index (χ0v) is 9.75. The molecule has 1 aromatic rings. The third-order valence-corrected chi connectivity index (χ3v) is 3.15. The highest BCUT2D eigenvalue weighted by molar-refractivity contribution is 5.16. The molecular formula is C13H19FN2. The molecule has 0 saturated carbocycles. The van der Waals surface area contributed by atoms with Crippen LogP contribution in [-0.2, 0) is 6.42 Å². The summed E-state index contributed by atoms with van der Waals surface area (Å²) in [6.07, 6.45) is 2.14. The van der Waals surface area contributed by atoms with Crippen LogP contribution in [0.1, 0.15) is 12.0 Å². The lowest BCUT2D eigenvalue weighted by Gasteiger charge is -2.30. The summed E-state index contributed by atoms with van der Waals surface area (Å²) in [5.74, 6) is -0.153. The Morgan fingerprint density at radius 1 is 1.38 bits per heavy atom. The number of hydrogen-bond donors (Lipinski definition) is 1. The molecule has 1 unspecified atom stereocenters. The molecular weight excluding hydrogens is 203 g/mol. The maximum Gasteiger partial charge on any atom is 0.123 e. The van der Waals surface area contributed by atoms with E-state index in [1.165, 1.54) is 17.7 Å². The quantitative estimate of drug-likeness (QED) is 0.836. The summed E-state index contributed by atoms with van der Waals surface area (Å²) in [5, 5.41) is 3.52. The van der Waals surface area contributed by atoms with Crippen molar-refractivity contribution in [1.29, 1.82) is 0 Å². The van der Waals surface area contributed by atoms with Crippen molar-refractivity contribution >= 4 is 0 Å². The maximum atomic E-state index is 12.7. The third kappa shape index (κ3) is 3.29. The number of nitrogens with one attached hydrogen (secondary N) is 1. The number of halogens is 1. The van der Waals surface area contributed by atoms with E-state index in [2.05, 4.69) is 17.3 Å². The standard InChI is InChI=1S/C13H19FN2/c1-16-9-8-15-13(10-16)7-4-11-2-5-12(14)6-3-11/h2-3,5-6,13,15H,4,7-10H2,1H3. The Balaban J connectivity index is 1.80. The molecule has 1 aliphatic heterocycles. The summed E-state index contributed by atoms with van der Waals surface area (Å²) in [6.45, 7) is 3.32. The summed E-state index contributed by atoms with van der Waals surface area (Å²) in [5.41, 5.74) is 1.22. The summed E-state index contributed by atoms with van der Waals surface area (Å²) >= 11 is 0. The molecule has 3 heteroatoms. The number of piperazine rings is 1. The van der Waals surface area contributed by atoms with Gasteiger partial charge in [0, 0.05) is 25.7 Å². The number of likely N-dealkylation sites (N-methyl/N-ethyl adjacent to an activating group) is 1. The lowest BCUT2D eigenvalue weighted by Crippen LogP contribution is -2.49. The molecule has 1 atom stereocenters. The normalized spacial score (nSPS) is 22.2. The zero-order chi connectivity index (χ0) is 11.4. The number of benzene rings is 1. The average Bonchev–Trinajstić information content (AvgIpc) is 2.28. The van der Waals surface area contributed by atoms with Gasteiger partial charge in [-0.25, -0.2) is 4.39 Å². The van der Waals surface area contributed by atoms with Crippen LogP contribution >= 0.6 is 0 Å². The van der Waals surface area contributed by atoms with E-state index in [9.17, 15) is 4.39 Å². The zero-order valence-electron chi connectivity index (χ0n) is 9.75. The van der Waals surface area contributed by atoms with E-state index in [-0.39, 0.29) is 5.82 Å². The predicted octanol–water partition coefficient (Wildman–Crippen LogP) is 1.66. The largest absolute Gasteiger partial charge is 0.311 e. The van der Waals surface area contributed by atoms with E-state index in [1.807, 2.05) is 12.1 Å². The molecule has 1 saturated heterocycles. The van der Waals surface area contributed by atoms with Crippen LogP contribution in [-0.4, -0.2) is 37.6 Å². The molecule has 16 heavy (non-hydrogen) atoms. The Morgan fingerprint density at radius 3 is 2.81 bits per heavy atom. The lowest BCUT2D eigenvalue weighted by molar-refractivity contribution is 0.232. The van der Waals surface area contributed by atoms with Crippen molar-refractivity contribution in [3.8, 4) is 0 Å². The van der Waals surface area contributed by atoms with Gasteiger partial charge in [0.2, 0.25) is 0 Å². The van der Waals surface area contributed by atoms with Gasteiger partial charge in [-0.1, -0.05) is 12.1 Å². The van der Waals surface area contributed by atoms with Gasteiger partial charge in [-0.3, -0.25) is 0 Å². The van der Waals surface area contributed by atoms with Crippen LogP contribution in [0.4, 0.5) is 4.39 Å².